The summed E-state index contributed by atoms with van der Waals surface area (Å²) >= 11 is 7.57. The van der Waals surface area contributed by atoms with Gasteiger partial charge in [-0.15, -0.1) is 0 Å². The number of nitrogens with one attached hydrogen (secondary N) is 1. The van der Waals surface area contributed by atoms with Crippen molar-refractivity contribution in [1.29, 1.82) is 5.26 Å². The third kappa shape index (κ3) is 2.54. The molecule has 0 aromatic carbocycles. The number of hydrogen-bond acceptors (Lipinski definition) is 4. The van der Waals surface area contributed by atoms with E-state index in [9.17, 15) is 4.79 Å². The summed E-state index contributed by atoms with van der Waals surface area (Å²) in [6.45, 7) is 0. The third-order valence-electron chi connectivity index (χ3n) is 2.60. The molecule has 1 aromatic rings. The highest BCUT2D eigenvalue weighted by Gasteiger charge is 2.36. The predicted molar refractivity (Wildman–Crippen MR) is 67.0 cm³/mol. The molecule has 0 aliphatic carbocycles. The van der Waals surface area contributed by atoms with E-state index in [1.165, 1.54) is 12.4 Å². The molecule has 0 spiro atoms. The molecule has 1 aromatic heterocycles. The maximum absolute atomic E-state index is 12.0. The van der Waals surface area contributed by atoms with E-state index >= 15 is 0 Å². The molecule has 1 atom stereocenters. The Kier molecular flexibility index (Phi) is 3.55. The molecule has 1 saturated heterocycles. The van der Waals surface area contributed by atoms with Crippen LogP contribution in [0.3, 0.4) is 0 Å². The summed E-state index contributed by atoms with van der Waals surface area (Å²) < 4.78 is 0. The lowest BCUT2D eigenvalue weighted by Crippen LogP contribution is -2.47. The summed E-state index contributed by atoms with van der Waals surface area (Å²) in [6.07, 6.45) is 3.59. The highest BCUT2D eigenvalue weighted by atomic mass is 35.5. The first-order valence-electron chi connectivity index (χ1n) is 5.08. The van der Waals surface area contributed by atoms with Gasteiger partial charge in [0.05, 0.1) is 16.7 Å². The van der Waals surface area contributed by atoms with Crippen LogP contribution in [0.1, 0.15) is 16.8 Å². The van der Waals surface area contributed by atoms with Gasteiger partial charge in [-0.25, -0.2) is 0 Å². The summed E-state index contributed by atoms with van der Waals surface area (Å²) in [6, 6.07) is 3.74. The standard InChI is InChI=1S/C11H10ClN3OS/c12-9-1-3-14-5-8(9)10(16)15-11(6-13)2-4-17-7-11/h1,3,5H,2,4,7H2,(H,15,16). The Hall–Kier alpha value is -1.25. The van der Waals surface area contributed by atoms with Gasteiger partial charge in [-0.05, 0) is 18.2 Å². The highest BCUT2D eigenvalue weighted by molar-refractivity contribution is 7.99. The molecule has 1 fully saturated rings. The van der Waals surface area contributed by atoms with Crippen LogP contribution >= 0.6 is 23.4 Å². The minimum atomic E-state index is -0.763. The first kappa shape index (κ1) is 12.2. The molecule has 6 heteroatoms. The molecular formula is C11H10ClN3OS. The fraction of sp³-hybridized carbons (Fsp3) is 0.364. The topological polar surface area (TPSA) is 65.8 Å². The maximum Gasteiger partial charge on any atom is 0.255 e. The first-order valence-corrected chi connectivity index (χ1v) is 6.61. The quantitative estimate of drug-likeness (QED) is 0.888. The minimum Gasteiger partial charge on any atom is -0.333 e. The van der Waals surface area contributed by atoms with Crippen molar-refractivity contribution in [1.82, 2.24) is 10.3 Å². The number of aromatic nitrogens is 1. The number of carbonyl (C=O) groups is 1. The first-order chi connectivity index (χ1) is 8.17. The Morgan fingerprint density at radius 2 is 2.53 bits per heavy atom. The Bertz CT molecular complexity index is 480. The van der Waals surface area contributed by atoms with Gasteiger partial charge in [0, 0.05) is 18.1 Å². The Balaban J connectivity index is 2.17. The van der Waals surface area contributed by atoms with Crippen molar-refractivity contribution < 1.29 is 4.79 Å². The number of pyridine rings is 1. The summed E-state index contributed by atoms with van der Waals surface area (Å²) in [4.78, 5) is 15.8. The van der Waals surface area contributed by atoms with Crippen molar-refractivity contribution in [3.8, 4) is 6.07 Å². The monoisotopic (exact) mass is 267 g/mol. The van der Waals surface area contributed by atoms with E-state index in [4.69, 9.17) is 16.9 Å². The third-order valence-corrected chi connectivity index (χ3v) is 4.12. The van der Waals surface area contributed by atoms with Crippen LogP contribution < -0.4 is 5.32 Å². The molecule has 1 unspecified atom stereocenters. The van der Waals surface area contributed by atoms with Crippen LogP contribution in [0.5, 0.6) is 0 Å². The van der Waals surface area contributed by atoms with Gasteiger partial charge >= 0.3 is 0 Å². The molecule has 0 saturated carbocycles. The van der Waals surface area contributed by atoms with Crippen LogP contribution in [-0.4, -0.2) is 27.9 Å². The number of rotatable bonds is 2. The number of carbonyl (C=O) groups excluding carboxylic acids is 1. The minimum absolute atomic E-state index is 0.306. The number of nitrogens with zero attached hydrogens (tertiary/aromatic N) is 2. The number of amides is 1. The molecule has 0 bridgehead atoms. The zero-order chi connectivity index (χ0) is 12.3. The van der Waals surface area contributed by atoms with Gasteiger partial charge in [0.15, 0.2) is 0 Å². The zero-order valence-electron chi connectivity index (χ0n) is 8.94. The fourth-order valence-electron chi connectivity index (χ4n) is 1.61. The van der Waals surface area contributed by atoms with Crippen molar-refractivity contribution >= 4 is 29.3 Å². The normalized spacial score (nSPS) is 23.1. The summed E-state index contributed by atoms with van der Waals surface area (Å²) in [7, 11) is 0. The number of hydrogen-bond donors (Lipinski definition) is 1. The molecular weight excluding hydrogens is 258 g/mol. The van der Waals surface area contributed by atoms with E-state index in [-0.39, 0.29) is 5.91 Å². The van der Waals surface area contributed by atoms with Crippen LogP contribution in [0, 0.1) is 11.3 Å². The average Bonchev–Trinajstić information content (AvgIpc) is 2.79. The van der Waals surface area contributed by atoms with Gasteiger partial charge in [-0.3, -0.25) is 9.78 Å². The van der Waals surface area contributed by atoms with Gasteiger partial charge in [-0.1, -0.05) is 11.6 Å². The summed E-state index contributed by atoms with van der Waals surface area (Å²) in [5.74, 6) is 1.16. The van der Waals surface area contributed by atoms with E-state index in [1.54, 1.807) is 17.8 Å². The van der Waals surface area contributed by atoms with Crippen molar-refractivity contribution in [2.45, 2.75) is 12.0 Å². The molecule has 17 heavy (non-hydrogen) atoms. The van der Waals surface area contributed by atoms with Crippen molar-refractivity contribution in [2.75, 3.05) is 11.5 Å². The molecule has 4 nitrogen and oxygen atoms in total. The lowest BCUT2D eigenvalue weighted by molar-refractivity contribution is 0.0926. The van der Waals surface area contributed by atoms with Gasteiger partial charge in [0.1, 0.15) is 5.54 Å². The van der Waals surface area contributed by atoms with Crippen LogP contribution in [0.15, 0.2) is 18.5 Å². The molecule has 1 aliphatic rings. The molecule has 2 rings (SSSR count). The van der Waals surface area contributed by atoms with Crippen molar-refractivity contribution in [3.05, 3.63) is 29.0 Å². The molecule has 1 N–H and O–H groups in total. The van der Waals surface area contributed by atoms with E-state index in [0.29, 0.717) is 22.8 Å². The Morgan fingerprint density at radius 1 is 1.71 bits per heavy atom. The number of thioether (sulfide) groups is 1. The largest absolute Gasteiger partial charge is 0.333 e. The second-order valence-electron chi connectivity index (χ2n) is 3.81. The lowest BCUT2D eigenvalue weighted by Gasteiger charge is -2.21. The van der Waals surface area contributed by atoms with E-state index in [1.807, 2.05) is 0 Å². The summed E-state index contributed by atoms with van der Waals surface area (Å²) in [5.41, 5.74) is -0.457. The van der Waals surface area contributed by atoms with Gasteiger partial charge < -0.3 is 5.32 Å². The fourth-order valence-corrected chi connectivity index (χ4v) is 3.07. The maximum atomic E-state index is 12.0. The van der Waals surface area contributed by atoms with Gasteiger partial charge in [-0.2, -0.15) is 17.0 Å². The number of halogens is 1. The zero-order valence-corrected chi connectivity index (χ0v) is 10.5. The van der Waals surface area contributed by atoms with Crippen LogP contribution in [0.4, 0.5) is 0 Å². The van der Waals surface area contributed by atoms with Crippen LogP contribution in [-0.2, 0) is 0 Å². The van der Waals surface area contributed by atoms with E-state index < -0.39 is 5.54 Å². The molecule has 88 valence electrons. The second-order valence-corrected chi connectivity index (χ2v) is 5.32. The van der Waals surface area contributed by atoms with Gasteiger partial charge in [0.25, 0.3) is 5.91 Å². The Labute approximate surface area is 108 Å². The average molecular weight is 268 g/mol. The van der Waals surface area contributed by atoms with Crippen LogP contribution in [0.25, 0.3) is 0 Å². The van der Waals surface area contributed by atoms with Crippen molar-refractivity contribution in [2.24, 2.45) is 0 Å². The molecule has 2 heterocycles. The van der Waals surface area contributed by atoms with Crippen molar-refractivity contribution in [3.63, 3.8) is 0 Å². The molecule has 0 radical (unpaired) electrons. The van der Waals surface area contributed by atoms with Gasteiger partial charge in [0.2, 0.25) is 0 Å². The van der Waals surface area contributed by atoms with E-state index in [2.05, 4.69) is 16.4 Å². The van der Waals surface area contributed by atoms with Crippen LogP contribution in [0.2, 0.25) is 5.02 Å². The molecule has 1 aliphatic heterocycles. The second kappa shape index (κ2) is 4.94. The molecule has 1 amide bonds. The SMILES string of the molecule is N#CC1(NC(=O)c2cnccc2Cl)CCSC1. The number of nitriles is 1. The highest BCUT2D eigenvalue weighted by Crippen LogP contribution is 2.28. The summed E-state index contributed by atoms with van der Waals surface area (Å²) in [5, 5.41) is 12.3. The Morgan fingerprint density at radius 3 is 3.12 bits per heavy atom. The predicted octanol–water partition coefficient (Wildman–Crippen LogP) is 1.86. The lowest BCUT2D eigenvalue weighted by atomic mass is 10.0. The van der Waals surface area contributed by atoms with E-state index in [0.717, 1.165) is 5.75 Å². The smallest absolute Gasteiger partial charge is 0.255 e.